The van der Waals surface area contributed by atoms with Gasteiger partial charge in [0.1, 0.15) is 0 Å². The average Bonchev–Trinajstić information content (AvgIpc) is 2.45. The highest BCUT2D eigenvalue weighted by Crippen LogP contribution is 2.30. The van der Waals surface area contributed by atoms with Crippen LogP contribution in [0.3, 0.4) is 0 Å². The third-order valence-electron chi connectivity index (χ3n) is 4.32. The highest BCUT2D eigenvalue weighted by molar-refractivity contribution is 5.55. The number of aliphatic hydroxyl groups excluding tert-OH is 1. The minimum atomic E-state index is -0.176. The van der Waals surface area contributed by atoms with Crippen LogP contribution in [0.15, 0.2) is 24.3 Å². The first-order valence-electron chi connectivity index (χ1n) is 7.76. The summed E-state index contributed by atoms with van der Waals surface area (Å²) >= 11 is 0. The fourth-order valence-corrected chi connectivity index (χ4v) is 3.15. The van der Waals surface area contributed by atoms with E-state index in [9.17, 15) is 5.11 Å². The van der Waals surface area contributed by atoms with Crippen LogP contribution in [0, 0.1) is 5.92 Å². The van der Waals surface area contributed by atoms with Crippen LogP contribution >= 0.6 is 0 Å². The lowest BCUT2D eigenvalue weighted by molar-refractivity contribution is 0.169. The monoisotopic (exact) mass is 276 g/mol. The molecule has 1 aliphatic heterocycles. The van der Waals surface area contributed by atoms with Crippen LogP contribution in [0.4, 0.5) is 5.69 Å². The first-order chi connectivity index (χ1) is 9.58. The number of hydrogen-bond acceptors (Lipinski definition) is 3. The molecule has 112 valence electrons. The standard InChI is InChI=1S/C17H28N2O/c1-4-18-17(3,13-20)9-10-19-12-14(2)11-15-7-5-6-8-16(15)19/h5-8,14,18,20H,4,9-13H2,1-3H3. The minimum absolute atomic E-state index is 0.176. The molecule has 1 aromatic carbocycles. The van der Waals surface area contributed by atoms with Crippen molar-refractivity contribution < 1.29 is 5.11 Å². The van der Waals surface area contributed by atoms with Gasteiger partial charge in [-0.15, -0.1) is 0 Å². The molecule has 0 radical (unpaired) electrons. The molecule has 2 unspecified atom stereocenters. The number of rotatable bonds is 6. The Hall–Kier alpha value is -1.06. The van der Waals surface area contributed by atoms with Crippen molar-refractivity contribution in [3.8, 4) is 0 Å². The zero-order valence-corrected chi connectivity index (χ0v) is 13.0. The van der Waals surface area contributed by atoms with Crippen molar-refractivity contribution in [2.45, 2.75) is 39.2 Å². The number of anilines is 1. The summed E-state index contributed by atoms with van der Waals surface area (Å²) in [5.41, 5.74) is 2.66. The van der Waals surface area contributed by atoms with Crippen LogP contribution in [0.25, 0.3) is 0 Å². The first-order valence-corrected chi connectivity index (χ1v) is 7.76. The van der Waals surface area contributed by atoms with Gasteiger partial charge in [0, 0.05) is 24.3 Å². The molecule has 0 fully saturated rings. The topological polar surface area (TPSA) is 35.5 Å². The third-order valence-corrected chi connectivity index (χ3v) is 4.32. The molecule has 1 aromatic rings. The molecule has 0 bridgehead atoms. The molecule has 0 amide bonds. The predicted octanol–water partition coefficient (Wildman–Crippen LogP) is 2.44. The maximum atomic E-state index is 9.61. The number of nitrogens with zero attached hydrogens (tertiary/aromatic N) is 1. The summed E-state index contributed by atoms with van der Waals surface area (Å²) in [6, 6.07) is 8.72. The summed E-state index contributed by atoms with van der Waals surface area (Å²) in [7, 11) is 0. The molecule has 1 heterocycles. The van der Waals surface area contributed by atoms with Gasteiger partial charge >= 0.3 is 0 Å². The molecule has 0 aromatic heterocycles. The van der Waals surface area contributed by atoms with Crippen molar-refractivity contribution in [3.63, 3.8) is 0 Å². The Balaban J connectivity index is 2.06. The lowest BCUT2D eigenvalue weighted by Gasteiger charge is -2.38. The fraction of sp³-hybridized carbons (Fsp3) is 0.647. The van der Waals surface area contributed by atoms with Crippen LogP contribution in [0.5, 0.6) is 0 Å². The van der Waals surface area contributed by atoms with Gasteiger partial charge in [0.05, 0.1) is 6.61 Å². The van der Waals surface area contributed by atoms with Gasteiger partial charge in [-0.25, -0.2) is 0 Å². The number of fused-ring (bicyclic) bond motifs is 1. The van der Waals surface area contributed by atoms with Crippen LogP contribution in [0.2, 0.25) is 0 Å². The van der Waals surface area contributed by atoms with Crippen molar-refractivity contribution in [2.75, 3.05) is 31.1 Å². The molecule has 3 heteroatoms. The molecule has 1 aliphatic rings. The van der Waals surface area contributed by atoms with Crippen molar-refractivity contribution >= 4 is 5.69 Å². The summed E-state index contributed by atoms with van der Waals surface area (Å²) in [5.74, 6) is 0.699. The van der Waals surface area contributed by atoms with E-state index in [-0.39, 0.29) is 12.1 Å². The second kappa shape index (κ2) is 6.59. The van der Waals surface area contributed by atoms with Gasteiger partial charge in [0.25, 0.3) is 0 Å². The molecule has 0 spiro atoms. The summed E-state index contributed by atoms with van der Waals surface area (Å²) in [5, 5.41) is 13.0. The molecule has 2 atom stereocenters. The van der Waals surface area contributed by atoms with Crippen molar-refractivity contribution in [1.29, 1.82) is 0 Å². The number of para-hydroxylation sites is 1. The van der Waals surface area contributed by atoms with Gasteiger partial charge in [-0.05, 0) is 43.9 Å². The van der Waals surface area contributed by atoms with E-state index in [0.29, 0.717) is 5.92 Å². The maximum absolute atomic E-state index is 9.61. The van der Waals surface area contributed by atoms with Gasteiger partial charge in [-0.3, -0.25) is 0 Å². The molecular weight excluding hydrogens is 248 g/mol. The molecule has 3 nitrogen and oxygen atoms in total. The number of hydrogen-bond donors (Lipinski definition) is 2. The van der Waals surface area contributed by atoms with E-state index in [1.165, 1.54) is 17.7 Å². The molecule has 0 saturated heterocycles. The highest BCUT2D eigenvalue weighted by atomic mass is 16.3. The summed E-state index contributed by atoms with van der Waals surface area (Å²) in [4.78, 5) is 2.48. The third kappa shape index (κ3) is 3.53. The molecule has 0 aliphatic carbocycles. The number of nitrogens with one attached hydrogen (secondary N) is 1. The molecule has 0 saturated carbocycles. The second-order valence-corrected chi connectivity index (χ2v) is 6.38. The van der Waals surface area contributed by atoms with Gasteiger partial charge in [0.15, 0.2) is 0 Å². The van der Waals surface area contributed by atoms with Crippen LogP contribution in [-0.4, -0.2) is 36.9 Å². The Bertz CT molecular complexity index is 435. The second-order valence-electron chi connectivity index (χ2n) is 6.38. The largest absolute Gasteiger partial charge is 0.394 e. The van der Waals surface area contributed by atoms with Crippen molar-refractivity contribution in [1.82, 2.24) is 5.32 Å². The zero-order valence-electron chi connectivity index (χ0n) is 13.0. The first kappa shape index (κ1) is 15.3. The number of benzene rings is 1. The van der Waals surface area contributed by atoms with E-state index in [1.807, 2.05) is 0 Å². The van der Waals surface area contributed by atoms with Gasteiger partial charge in [-0.1, -0.05) is 32.0 Å². The van der Waals surface area contributed by atoms with Gasteiger partial charge in [0.2, 0.25) is 0 Å². The van der Waals surface area contributed by atoms with Crippen LogP contribution < -0.4 is 10.2 Å². The van der Waals surface area contributed by atoms with Gasteiger partial charge in [-0.2, -0.15) is 0 Å². The Morgan fingerprint density at radius 2 is 2.15 bits per heavy atom. The smallest absolute Gasteiger partial charge is 0.0611 e. The molecule has 2 N–H and O–H groups in total. The van der Waals surface area contributed by atoms with Crippen molar-refractivity contribution in [2.24, 2.45) is 5.92 Å². The van der Waals surface area contributed by atoms with E-state index in [2.05, 4.69) is 55.3 Å². The highest BCUT2D eigenvalue weighted by Gasteiger charge is 2.26. The average molecular weight is 276 g/mol. The number of aliphatic hydroxyl groups is 1. The quantitative estimate of drug-likeness (QED) is 0.837. The number of likely N-dealkylation sites (N-methyl/N-ethyl adjacent to an activating group) is 1. The fourth-order valence-electron chi connectivity index (χ4n) is 3.15. The predicted molar refractivity (Wildman–Crippen MR) is 85.3 cm³/mol. The SMILES string of the molecule is CCNC(C)(CO)CCN1CC(C)Cc2ccccc21. The van der Waals surface area contributed by atoms with Crippen molar-refractivity contribution in [3.05, 3.63) is 29.8 Å². The Morgan fingerprint density at radius 3 is 2.85 bits per heavy atom. The molecular formula is C17H28N2O. The Morgan fingerprint density at radius 1 is 1.40 bits per heavy atom. The normalized spacial score (nSPS) is 21.4. The lowest BCUT2D eigenvalue weighted by atomic mass is 9.92. The van der Waals surface area contributed by atoms with E-state index >= 15 is 0 Å². The maximum Gasteiger partial charge on any atom is 0.0611 e. The molecule has 2 rings (SSSR count). The van der Waals surface area contributed by atoms with E-state index < -0.39 is 0 Å². The zero-order chi connectivity index (χ0) is 14.6. The van der Waals surface area contributed by atoms with Crippen LogP contribution in [-0.2, 0) is 6.42 Å². The van der Waals surface area contributed by atoms with E-state index in [0.717, 1.165) is 26.1 Å². The van der Waals surface area contributed by atoms with Gasteiger partial charge < -0.3 is 15.3 Å². The van der Waals surface area contributed by atoms with E-state index in [4.69, 9.17) is 0 Å². The Labute approximate surface area is 123 Å². The summed E-state index contributed by atoms with van der Waals surface area (Å²) in [6.45, 7) is 9.70. The molecule has 20 heavy (non-hydrogen) atoms. The van der Waals surface area contributed by atoms with E-state index in [1.54, 1.807) is 0 Å². The summed E-state index contributed by atoms with van der Waals surface area (Å²) in [6.07, 6.45) is 2.13. The van der Waals surface area contributed by atoms with Crippen LogP contribution in [0.1, 0.15) is 32.8 Å². The Kier molecular flexibility index (Phi) is 5.06. The summed E-state index contributed by atoms with van der Waals surface area (Å²) < 4.78 is 0. The lowest BCUT2D eigenvalue weighted by Crippen LogP contribution is -2.48. The minimum Gasteiger partial charge on any atom is -0.394 e.